The van der Waals surface area contributed by atoms with Crippen molar-refractivity contribution < 1.29 is 4.74 Å². The highest BCUT2D eigenvalue weighted by atomic mass is 16.5. The molecular formula is C17H26N2O. The molecule has 1 fully saturated rings. The molecule has 2 atom stereocenters. The van der Waals surface area contributed by atoms with Gasteiger partial charge in [0.05, 0.1) is 0 Å². The summed E-state index contributed by atoms with van der Waals surface area (Å²) in [6, 6.07) is 9.72. The molecule has 20 heavy (non-hydrogen) atoms. The van der Waals surface area contributed by atoms with E-state index in [1.807, 2.05) is 0 Å². The number of nitrogens with one attached hydrogen (secondary N) is 1. The lowest BCUT2D eigenvalue weighted by atomic mass is 9.88. The summed E-state index contributed by atoms with van der Waals surface area (Å²) in [5, 5.41) is 3.35. The molecule has 0 amide bonds. The molecule has 0 saturated carbocycles. The van der Waals surface area contributed by atoms with Crippen molar-refractivity contribution in [1.29, 1.82) is 0 Å². The Bertz CT molecular complexity index is 472. The maximum absolute atomic E-state index is 6.16. The first-order valence-electron chi connectivity index (χ1n) is 7.79. The zero-order valence-electron chi connectivity index (χ0n) is 12.9. The van der Waals surface area contributed by atoms with Gasteiger partial charge in [0, 0.05) is 30.6 Å². The summed E-state index contributed by atoms with van der Waals surface area (Å²) in [6.07, 6.45) is 3.69. The molecule has 3 heteroatoms. The highest BCUT2D eigenvalue weighted by Crippen LogP contribution is 2.44. The second-order valence-electron chi connectivity index (χ2n) is 6.71. The van der Waals surface area contributed by atoms with Gasteiger partial charge in [-0.05, 0) is 46.3 Å². The van der Waals surface area contributed by atoms with E-state index in [1.165, 1.54) is 24.9 Å². The molecule has 0 bridgehead atoms. The van der Waals surface area contributed by atoms with Crippen LogP contribution in [-0.2, 0) is 0 Å². The number of ether oxygens (including phenoxy) is 1. The van der Waals surface area contributed by atoms with Gasteiger partial charge in [-0.1, -0.05) is 18.2 Å². The van der Waals surface area contributed by atoms with E-state index >= 15 is 0 Å². The van der Waals surface area contributed by atoms with Crippen molar-refractivity contribution in [2.24, 2.45) is 0 Å². The van der Waals surface area contributed by atoms with Crippen LogP contribution in [0.3, 0.4) is 0 Å². The number of rotatable bonds is 3. The van der Waals surface area contributed by atoms with Gasteiger partial charge >= 0.3 is 0 Å². The fraction of sp³-hybridized carbons (Fsp3) is 0.647. The van der Waals surface area contributed by atoms with Gasteiger partial charge in [0.25, 0.3) is 0 Å². The van der Waals surface area contributed by atoms with Gasteiger partial charge in [-0.3, -0.25) is 4.90 Å². The van der Waals surface area contributed by atoms with E-state index in [2.05, 4.69) is 55.4 Å². The minimum absolute atomic E-state index is 0.0776. The predicted molar refractivity (Wildman–Crippen MR) is 82.2 cm³/mol. The third-order valence-corrected chi connectivity index (χ3v) is 4.61. The Morgan fingerprint density at radius 1 is 1.35 bits per heavy atom. The molecule has 1 aromatic carbocycles. The Balaban J connectivity index is 1.92. The zero-order chi connectivity index (χ0) is 14.2. The Labute approximate surface area is 122 Å². The summed E-state index contributed by atoms with van der Waals surface area (Å²) in [7, 11) is 2.05. The largest absolute Gasteiger partial charge is 0.487 e. The minimum Gasteiger partial charge on any atom is -0.487 e. The molecule has 1 saturated heterocycles. The lowest BCUT2D eigenvalue weighted by Gasteiger charge is -2.43. The van der Waals surface area contributed by atoms with Crippen LogP contribution >= 0.6 is 0 Å². The summed E-state index contributed by atoms with van der Waals surface area (Å²) in [4.78, 5) is 2.69. The standard InChI is InChI=1S/C17H26N2O/c1-17(2)11-15(14-8-4-5-9-16(14)20-17)19-10-6-7-13(19)12-18-3/h4-5,8-9,13,15,18H,6-7,10-12H2,1-3H3. The molecule has 0 radical (unpaired) electrons. The van der Waals surface area contributed by atoms with Gasteiger partial charge in [-0.2, -0.15) is 0 Å². The number of fused-ring (bicyclic) bond motifs is 1. The summed E-state index contributed by atoms with van der Waals surface area (Å²) in [5.41, 5.74) is 1.29. The molecule has 0 aliphatic carbocycles. The Hall–Kier alpha value is -1.06. The molecule has 3 rings (SSSR count). The summed E-state index contributed by atoms with van der Waals surface area (Å²) >= 11 is 0. The maximum atomic E-state index is 6.16. The second kappa shape index (κ2) is 5.38. The number of nitrogens with zero attached hydrogens (tertiary/aromatic N) is 1. The smallest absolute Gasteiger partial charge is 0.124 e. The van der Waals surface area contributed by atoms with Crippen LogP contribution in [0.5, 0.6) is 5.75 Å². The highest BCUT2D eigenvalue weighted by molar-refractivity contribution is 5.39. The Kier molecular flexibility index (Phi) is 3.74. The van der Waals surface area contributed by atoms with Crippen LogP contribution in [0.15, 0.2) is 24.3 Å². The van der Waals surface area contributed by atoms with Crippen molar-refractivity contribution in [3.8, 4) is 5.75 Å². The lowest BCUT2D eigenvalue weighted by Crippen LogP contribution is -2.45. The van der Waals surface area contributed by atoms with Crippen LogP contribution in [0.25, 0.3) is 0 Å². The van der Waals surface area contributed by atoms with Crippen LogP contribution in [-0.4, -0.2) is 36.7 Å². The van der Waals surface area contributed by atoms with E-state index in [4.69, 9.17) is 4.74 Å². The lowest BCUT2D eigenvalue weighted by molar-refractivity contribution is 0.0258. The van der Waals surface area contributed by atoms with Crippen molar-refractivity contribution >= 4 is 0 Å². The third kappa shape index (κ3) is 2.57. The normalized spacial score (nSPS) is 28.9. The predicted octanol–water partition coefficient (Wildman–Crippen LogP) is 2.97. The van der Waals surface area contributed by atoms with Crippen LogP contribution in [0.4, 0.5) is 0 Å². The maximum Gasteiger partial charge on any atom is 0.124 e. The molecule has 0 spiro atoms. The minimum atomic E-state index is -0.0776. The van der Waals surface area contributed by atoms with Crippen molar-refractivity contribution in [3.63, 3.8) is 0 Å². The van der Waals surface area contributed by atoms with E-state index in [0.717, 1.165) is 18.7 Å². The number of likely N-dealkylation sites (tertiary alicyclic amines) is 1. The van der Waals surface area contributed by atoms with Crippen LogP contribution in [0.2, 0.25) is 0 Å². The molecule has 3 nitrogen and oxygen atoms in total. The van der Waals surface area contributed by atoms with Gasteiger partial charge in [0.2, 0.25) is 0 Å². The average molecular weight is 274 g/mol. The van der Waals surface area contributed by atoms with Gasteiger partial charge in [0.15, 0.2) is 0 Å². The van der Waals surface area contributed by atoms with E-state index in [-0.39, 0.29) is 5.60 Å². The van der Waals surface area contributed by atoms with Crippen LogP contribution in [0, 0.1) is 0 Å². The van der Waals surface area contributed by atoms with Gasteiger partial charge in [0.1, 0.15) is 11.4 Å². The first kappa shape index (κ1) is 13.9. The number of hydrogen-bond acceptors (Lipinski definition) is 3. The quantitative estimate of drug-likeness (QED) is 0.917. The molecule has 1 N–H and O–H groups in total. The van der Waals surface area contributed by atoms with Crippen LogP contribution < -0.4 is 10.1 Å². The molecule has 0 aromatic heterocycles. The highest BCUT2D eigenvalue weighted by Gasteiger charge is 2.40. The average Bonchev–Trinajstić information content (AvgIpc) is 2.85. The molecule has 2 aliphatic rings. The number of benzene rings is 1. The van der Waals surface area contributed by atoms with Crippen molar-refractivity contribution in [1.82, 2.24) is 10.2 Å². The fourth-order valence-corrected chi connectivity index (χ4v) is 3.78. The molecule has 2 aliphatic heterocycles. The van der Waals surface area contributed by atoms with Crippen molar-refractivity contribution in [3.05, 3.63) is 29.8 Å². The van der Waals surface area contributed by atoms with E-state index in [1.54, 1.807) is 0 Å². The van der Waals surface area contributed by atoms with Gasteiger partial charge in [-0.25, -0.2) is 0 Å². The number of likely N-dealkylation sites (N-methyl/N-ethyl adjacent to an activating group) is 1. The van der Waals surface area contributed by atoms with Gasteiger partial charge in [-0.15, -0.1) is 0 Å². The second-order valence-corrected chi connectivity index (χ2v) is 6.71. The zero-order valence-corrected chi connectivity index (χ0v) is 12.9. The Morgan fingerprint density at radius 3 is 2.95 bits per heavy atom. The molecule has 1 aromatic rings. The molecular weight excluding hydrogens is 248 g/mol. The van der Waals surface area contributed by atoms with Crippen molar-refractivity contribution in [2.45, 2.75) is 50.8 Å². The Morgan fingerprint density at radius 2 is 2.15 bits per heavy atom. The van der Waals surface area contributed by atoms with E-state index < -0.39 is 0 Å². The van der Waals surface area contributed by atoms with Gasteiger partial charge < -0.3 is 10.1 Å². The van der Waals surface area contributed by atoms with E-state index in [9.17, 15) is 0 Å². The third-order valence-electron chi connectivity index (χ3n) is 4.61. The van der Waals surface area contributed by atoms with Crippen molar-refractivity contribution in [2.75, 3.05) is 20.1 Å². The molecule has 2 unspecified atom stereocenters. The monoisotopic (exact) mass is 274 g/mol. The number of para-hydroxylation sites is 1. The summed E-state index contributed by atoms with van der Waals surface area (Å²) in [5.74, 6) is 1.07. The fourth-order valence-electron chi connectivity index (χ4n) is 3.78. The number of hydrogen-bond donors (Lipinski definition) is 1. The van der Waals surface area contributed by atoms with Crippen LogP contribution in [0.1, 0.15) is 44.7 Å². The molecule has 2 heterocycles. The first-order chi connectivity index (χ1) is 9.61. The summed E-state index contributed by atoms with van der Waals surface area (Å²) in [6.45, 7) is 6.71. The summed E-state index contributed by atoms with van der Waals surface area (Å²) < 4.78 is 6.16. The SMILES string of the molecule is CNCC1CCCN1C1CC(C)(C)Oc2ccccc21. The topological polar surface area (TPSA) is 24.5 Å². The molecule has 110 valence electrons. The van der Waals surface area contributed by atoms with E-state index in [0.29, 0.717) is 12.1 Å². The first-order valence-corrected chi connectivity index (χ1v) is 7.79.